The van der Waals surface area contributed by atoms with Crippen LogP contribution in [-0.2, 0) is 11.3 Å². The van der Waals surface area contributed by atoms with E-state index in [9.17, 15) is 9.59 Å². The molecule has 0 radical (unpaired) electrons. The number of para-hydroxylation sites is 2. The van der Waals surface area contributed by atoms with Crippen molar-refractivity contribution in [1.29, 1.82) is 0 Å². The highest BCUT2D eigenvalue weighted by Gasteiger charge is 2.11. The van der Waals surface area contributed by atoms with Gasteiger partial charge in [0.25, 0.3) is 5.91 Å². The monoisotopic (exact) mass is 373 g/mol. The molecule has 0 aromatic heterocycles. The molecule has 142 valence electrons. The highest BCUT2D eigenvalue weighted by Crippen LogP contribution is 2.15. The quantitative estimate of drug-likeness (QED) is 0.587. The van der Waals surface area contributed by atoms with Gasteiger partial charge < -0.3 is 16.0 Å². The molecule has 0 aliphatic heterocycles. The number of hydrogen-bond donors (Lipinski definition) is 3. The molecular formula is C23H23N3O2. The largest absolute Gasteiger partial charge is 0.376 e. The van der Waals surface area contributed by atoms with Crippen LogP contribution in [0.3, 0.4) is 0 Å². The van der Waals surface area contributed by atoms with Gasteiger partial charge in [-0.2, -0.15) is 0 Å². The lowest BCUT2D eigenvalue weighted by molar-refractivity contribution is -0.114. The van der Waals surface area contributed by atoms with E-state index in [0.717, 1.165) is 11.3 Å². The number of hydrogen-bond acceptors (Lipinski definition) is 3. The van der Waals surface area contributed by atoms with E-state index in [1.54, 1.807) is 18.2 Å². The molecule has 0 atom stereocenters. The van der Waals surface area contributed by atoms with Crippen LogP contribution in [0.25, 0.3) is 0 Å². The number of anilines is 2. The maximum absolute atomic E-state index is 12.6. The number of carbonyl (C=O) groups is 2. The highest BCUT2D eigenvalue weighted by atomic mass is 16.2. The second-order valence-corrected chi connectivity index (χ2v) is 6.48. The Kier molecular flexibility index (Phi) is 6.41. The van der Waals surface area contributed by atoms with Crippen LogP contribution in [0.4, 0.5) is 11.4 Å². The normalized spacial score (nSPS) is 10.2. The molecule has 0 saturated carbocycles. The summed E-state index contributed by atoms with van der Waals surface area (Å²) in [5.74, 6) is -0.367. The minimum Gasteiger partial charge on any atom is -0.376 e. The molecule has 5 nitrogen and oxygen atoms in total. The molecule has 0 unspecified atom stereocenters. The molecule has 3 aromatic carbocycles. The van der Waals surface area contributed by atoms with Gasteiger partial charge in [0, 0.05) is 17.9 Å². The van der Waals surface area contributed by atoms with E-state index < -0.39 is 0 Å². The maximum Gasteiger partial charge on any atom is 0.253 e. The molecule has 0 saturated heterocycles. The van der Waals surface area contributed by atoms with E-state index in [1.807, 2.05) is 67.6 Å². The standard InChI is InChI=1S/C23H23N3O2/c1-17-11-13-18(14-12-17)15-25-23(28)20-9-5-6-10-21(20)24-16-22(27)26-19-7-3-2-4-8-19/h2-14,24H,15-16H2,1H3,(H,25,28)(H,26,27). The SMILES string of the molecule is Cc1ccc(CNC(=O)c2ccccc2NCC(=O)Nc2ccccc2)cc1. The third kappa shape index (κ3) is 5.45. The first-order chi connectivity index (χ1) is 13.6. The zero-order valence-electron chi connectivity index (χ0n) is 15.7. The average molecular weight is 373 g/mol. The molecule has 0 bridgehead atoms. The number of rotatable bonds is 7. The fourth-order valence-corrected chi connectivity index (χ4v) is 2.72. The first kappa shape index (κ1) is 19.2. The van der Waals surface area contributed by atoms with Crippen molar-refractivity contribution >= 4 is 23.2 Å². The molecule has 28 heavy (non-hydrogen) atoms. The van der Waals surface area contributed by atoms with Crippen LogP contribution in [0.15, 0.2) is 78.9 Å². The Bertz CT molecular complexity index is 938. The number of aryl methyl sites for hydroxylation is 1. The van der Waals surface area contributed by atoms with Gasteiger partial charge in [0.15, 0.2) is 0 Å². The minimum atomic E-state index is -0.188. The van der Waals surface area contributed by atoms with E-state index in [4.69, 9.17) is 0 Å². The molecule has 3 aromatic rings. The number of nitrogens with one attached hydrogen (secondary N) is 3. The molecule has 3 N–H and O–H groups in total. The van der Waals surface area contributed by atoms with Crippen molar-refractivity contribution in [2.45, 2.75) is 13.5 Å². The predicted octanol–water partition coefficient (Wildman–Crippen LogP) is 3.98. The Morgan fingerprint density at radius 3 is 2.25 bits per heavy atom. The lowest BCUT2D eigenvalue weighted by Crippen LogP contribution is -2.26. The van der Waals surface area contributed by atoms with Gasteiger partial charge in [-0.1, -0.05) is 60.2 Å². The van der Waals surface area contributed by atoms with Gasteiger partial charge in [-0.05, 0) is 36.8 Å². The lowest BCUT2D eigenvalue weighted by Gasteiger charge is -2.12. The Morgan fingerprint density at radius 1 is 0.821 bits per heavy atom. The van der Waals surface area contributed by atoms with Crippen LogP contribution in [0.2, 0.25) is 0 Å². The maximum atomic E-state index is 12.6. The van der Waals surface area contributed by atoms with E-state index >= 15 is 0 Å². The summed E-state index contributed by atoms with van der Waals surface area (Å²) in [4.78, 5) is 24.7. The van der Waals surface area contributed by atoms with Crippen LogP contribution in [-0.4, -0.2) is 18.4 Å². The third-order valence-electron chi connectivity index (χ3n) is 4.24. The third-order valence-corrected chi connectivity index (χ3v) is 4.24. The second kappa shape index (κ2) is 9.37. The summed E-state index contributed by atoms with van der Waals surface area (Å²) < 4.78 is 0. The van der Waals surface area contributed by atoms with Gasteiger partial charge in [-0.25, -0.2) is 0 Å². The topological polar surface area (TPSA) is 70.2 Å². The first-order valence-corrected chi connectivity index (χ1v) is 9.13. The molecule has 0 spiro atoms. The van der Waals surface area contributed by atoms with Crippen molar-refractivity contribution in [2.75, 3.05) is 17.2 Å². The lowest BCUT2D eigenvalue weighted by atomic mass is 10.1. The summed E-state index contributed by atoms with van der Waals surface area (Å²) in [6.07, 6.45) is 0. The molecule has 2 amide bonds. The summed E-state index contributed by atoms with van der Waals surface area (Å²) >= 11 is 0. The summed E-state index contributed by atoms with van der Waals surface area (Å²) in [6.45, 7) is 2.54. The molecule has 0 heterocycles. The van der Waals surface area contributed by atoms with Gasteiger partial charge in [-0.15, -0.1) is 0 Å². The summed E-state index contributed by atoms with van der Waals surface area (Å²) in [6, 6.07) is 24.4. The fraction of sp³-hybridized carbons (Fsp3) is 0.130. The van der Waals surface area contributed by atoms with Gasteiger partial charge in [0.1, 0.15) is 0 Å². The van der Waals surface area contributed by atoms with Crippen LogP contribution in [0.5, 0.6) is 0 Å². The number of carbonyl (C=O) groups excluding carboxylic acids is 2. The predicted molar refractivity (Wildman–Crippen MR) is 112 cm³/mol. The van der Waals surface area contributed by atoms with Crippen LogP contribution < -0.4 is 16.0 Å². The highest BCUT2D eigenvalue weighted by molar-refractivity contribution is 6.00. The van der Waals surface area contributed by atoms with Crippen LogP contribution in [0, 0.1) is 6.92 Å². The Labute approximate surface area is 164 Å². The Morgan fingerprint density at radius 2 is 1.50 bits per heavy atom. The van der Waals surface area contributed by atoms with Crippen LogP contribution >= 0.6 is 0 Å². The van der Waals surface area contributed by atoms with Crippen molar-refractivity contribution in [2.24, 2.45) is 0 Å². The Balaban J connectivity index is 1.58. The zero-order chi connectivity index (χ0) is 19.8. The van der Waals surface area contributed by atoms with Crippen molar-refractivity contribution in [3.8, 4) is 0 Å². The molecule has 3 rings (SSSR count). The summed E-state index contributed by atoms with van der Waals surface area (Å²) in [7, 11) is 0. The summed E-state index contributed by atoms with van der Waals surface area (Å²) in [5, 5.41) is 8.78. The van der Waals surface area contributed by atoms with Crippen molar-refractivity contribution in [1.82, 2.24) is 5.32 Å². The minimum absolute atomic E-state index is 0.0666. The van der Waals surface area contributed by atoms with Gasteiger partial charge in [0.2, 0.25) is 5.91 Å². The smallest absolute Gasteiger partial charge is 0.253 e. The van der Waals surface area contributed by atoms with Gasteiger partial charge in [-0.3, -0.25) is 9.59 Å². The van der Waals surface area contributed by atoms with Crippen LogP contribution in [0.1, 0.15) is 21.5 Å². The molecule has 0 aliphatic carbocycles. The molecule has 0 aliphatic rings. The van der Waals surface area contributed by atoms with E-state index in [0.29, 0.717) is 17.8 Å². The molecule has 0 fully saturated rings. The number of amides is 2. The fourth-order valence-electron chi connectivity index (χ4n) is 2.72. The van der Waals surface area contributed by atoms with E-state index in [1.165, 1.54) is 5.56 Å². The van der Waals surface area contributed by atoms with Crippen molar-refractivity contribution in [3.05, 3.63) is 95.6 Å². The van der Waals surface area contributed by atoms with E-state index in [-0.39, 0.29) is 18.4 Å². The number of benzene rings is 3. The van der Waals surface area contributed by atoms with Crippen molar-refractivity contribution < 1.29 is 9.59 Å². The van der Waals surface area contributed by atoms with E-state index in [2.05, 4.69) is 16.0 Å². The van der Waals surface area contributed by atoms with Gasteiger partial charge >= 0.3 is 0 Å². The van der Waals surface area contributed by atoms with Crippen molar-refractivity contribution in [3.63, 3.8) is 0 Å². The molecular weight excluding hydrogens is 350 g/mol. The first-order valence-electron chi connectivity index (χ1n) is 9.13. The molecule has 5 heteroatoms. The Hall–Kier alpha value is -3.60. The zero-order valence-corrected chi connectivity index (χ0v) is 15.7. The average Bonchev–Trinajstić information content (AvgIpc) is 2.72. The van der Waals surface area contributed by atoms with Gasteiger partial charge in [0.05, 0.1) is 12.1 Å². The summed E-state index contributed by atoms with van der Waals surface area (Å²) in [5.41, 5.74) is 4.07. The second-order valence-electron chi connectivity index (χ2n) is 6.48.